The second-order valence-electron chi connectivity index (χ2n) is 6.76. The Labute approximate surface area is 161 Å². The van der Waals surface area contributed by atoms with Gasteiger partial charge < -0.3 is 15.0 Å². The van der Waals surface area contributed by atoms with E-state index in [9.17, 15) is 4.79 Å². The van der Waals surface area contributed by atoms with E-state index in [1.54, 1.807) is 0 Å². The number of anilines is 1. The number of carbonyl (C=O) groups excluding carboxylic acids is 1. The molecule has 1 amide bonds. The fourth-order valence-electron chi connectivity index (χ4n) is 3.31. The first-order valence-electron chi connectivity index (χ1n) is 9.76. The molecule has 0 unspecified atom stereocenters. The zero-order chi connectivity index (χ0) is 18.9. The number of nitrogens with one attached hydrogen (secondary N) is 1. The quantitative estimate of drug-likeness (QED) is 0.726. The summed E-state index contributed by atoms with van der Waals surface area (Å²) < 4.78 is 5.30. The molecule has 0 spiro atoms. The Hall–Kier alpha value is -2.47. The summed E-state index contributed by atoms with van der Waals surface area (Å²) in [5.41, 5.74) is 2.10. The van der Waals surface area contributed by atoms with E-state index >= 15 is 0 Å². The number of amides is 1. The molecule has 0 radical (unpaired) electrons. The average molecular weight is 368 g/mol. The summed E-state index contributed by atoms with van der Waals surface area (Å²) >= 11 is 0. The van der Waals surface area contributed by atoms with Crippen molar-refractivity contribution in [1.29, 1.82) is 0 Å². The van der Waals surface area contributed by atoms with Crippen LogP contribution in [0.25, 0.3) is 11.1 Å². The lowest BCUT2D eigenvalue weighted by Gasteiger charge is -2.32. The Bertz CT molecular complexity index is 706. The molecule has 1 N–H and O–H groups in total. The van der Waals surface area contributed by atoms with Crippen LogP contribution < -0.4 is 10.2 Å². The second-order valence-corrected chi connectivity index (χ2v) is 6.76. The maximum atomic E-state index is 12.4. The summed E-state index contributed by atoms with van der Waals surface area (Å²) in [5, 5.41) is 3.03. The zero-order valence-electron chi connectivity index (χ0n) is 15.9. The highest BCUT2D eigenvalue weighted by Crippen LogP contribution is 2.22. The standard InChI is InChI=1S/C21H28N4O2/c1-2-27-13-7-11-22-20(26)18-10-6-12-25(16-18)21-23-14-19(15-24-21)17-8-4-3-5-9-17/h3-5,8-9,14-15,18H,2,6-7,10-13,16H2,1H3,(H,22,26)/t18-/m1/s1. The zero-order valence-corrected chi connectivity index (χ0v) is 15.9. The first-order chi connectivity index (χ1) is 13.3. The molecule has 0 aliphatic carbocycles. The molecule has 1 atom stereocenters. The monoisotopic (exact) mass is 368 g/mol. The number of benzene rings is 1. The van der Waals surface area contributed by atoms with Crippen LogP contribution in [0.5, 0.6) is 0 Å². The molecule has 6 nitrogen and oxygen atoms in total. The van der Waals surface area contributed by atoms with Gasteiger partial charge in [-0.05, 0) is 31.7 Å². The number of hydrogen-bond donors (Lipinski definition) is 1. The molecular weight excluding hydrogens is 340 g/mol. The van der Waals surface area contributed by atoms with Crippen LogP contribution >= 0.6 is 0 Å². The summed E-state index contributed by atoms with van der Waals surface area (Å²) in [6, 6.07) is 10.1. The molecule has 3 rings (SSSR count). The van der Waals surface area contributed by atoms with Gasteiger partial charge in [-0.1, -0.05) is 30.3 Å². The number of rotatable bonds is 8. The number of piperidine rings is 1. The van der Waals surface area contributed by atoms with Gasteiger partial charge in [0.25, 0.3) is 0 Å². The Morgan fingerprint density at radius 2 is 2.00 bits per heavy atom. The lowest BCUT2D eigenvalue weighted by atomic mass is 9.97. The first-order valence-corrected chi connectivity index (χ1v) is 9.76. The Kier molecular flexibility index (Phi) is 7.16. The molecule has 1 saturated heterocycles. The van der Waals surface area contributed by atoms with E-state index < -0.39 is 0 Å². The molecule has 6 heteroatoms. The van der Waals surface area contributed by atoms with E-state index in [4.69, 9.17) is 4.74 Å². The average Bonchev–Trinajstić information content (AvgIpc) is 2.74. The van der Waals surface area contributed by atoms with Crippen molar-refractivity contribution in [2.45, 2.75) is 26.2 Å². The van der Waals surface area contributed by atoms with Crippen molar-refractivity contribution in [1.82, 2.24) is 15.3 Å². The van der Waals surface area contributed by atoms with Crippen molar-refractivity contribution in [3.8, 4) is 11.1 Å². The molecule has 0 saturated carbocycles. The van der Waals surface area contributed by atoms with E-state index in [1.165, 1.54) is 0 Å². The minimum Gasteiger partial charge on any atom is -0.382 e. The number of hydrogen-bond acceptors (Lipinski definition) is 5. The van der Waals surface area contributed by atoms with Crippen LogP contribution in [0.4, 0.5) is 5.95 Å². The molecule has 0 bridgehead atoms. The van der Waals surface area contributed by atoms with Crippen LogP contribution in [0.3, 0.4) is 0 Å². The predicted octanol–water partition coefficient (Wildman–Crippen LogP) is 2.90. The largest absolute Gasteiger partial charge is 0.382 e. The van der Waals surface area contributed by atoms with Gasteiger partial charge in [-0.3, -0.25) is 4.79 Å². The van der Waals surface area contributed by atoms with Crippen molar-refractivity contribution in [3.63, 3.8) is 0 Å². The van der Waals surface area contributed by atoms with E-state index in [-0.39, 0.29) is 11.8 Å². The van der Waals surface area contributed by atoms with Gasteiger partial charge >= 0.3 is 0 Å². The lowest BCUT2D eigenvalue weighted by Crippen LogP contribution is -2.44. The number of ether oxygens (including phenoxy) is 1. The van der Waals surface area contributed by atoms with Gasteiger partial charge in [-0.2, -0.15) is 0 Å². The molecule has 1 fully saturated rings. The third kappa shape index (κ3) is 5.50. The summed E-state index contributed by atoms with van der Waals surface area (Å²) in [5.74, 6) is 0.809. The predicted molar refractivity (Wildman–Crippen MR) is 107 cm³/mol. The third-order valence-electron chi connectivity index (χ3n) is 4.79. The van der Waals surface area contributed by atoms with Crippen LogP contribution in [-0.4, -0.2) is 48.7 Å². The minimum atomic E-state index is -0.0109. The Morgan fingerprint density at radius 1 is 1.22 bits per heavy atom. The Morgan fingerprint density at radius 3 is 2.74 bits per heavy atom. The fourth-order valence-corrected chi connectivity index (χ4v) is 3.31. The van der Waals surface area contributed by atoms with E-state index in [2.05, 4.69) is 20.2 Å². The molecular formula is C21H28N4O2. The molecule has 1 aliphatic rings. The SMILES string of the molecule is CCOCCCNC(=O)[C@@H]1CCCN(c2ncc(-c3ccccc3)cn2)C1. The van der Waals surface area contributed by atoms with Crippen molar-refractivity contribution in [2.75, 3.05) is 37.7 Å². The van der Waals surface area contributed by atoms with Crippen LogP contribution in [0.15, 0.2) is 42.7 Å². The van der Waals surface area contributed by atoms with Gasteiger partial charge in [-0.25, -0.2) is 9.97 Å². The highest BCUT2D eigenvalue weighted by molar-refractivity contribution is 5.79. The van der Waals surface area contributed by atoms with Crippen molar-refractivity contribution >= 4 is 11.9 Å². The summed E-state index contributed by atoms with van der Waals surface area (Å²) in [4.78, 5) is 23.6. The molecule has 2 heterocycles. The van der Waals surface area contributed by atoms with Gasteiger partial charge in [0.15, 0.2) is 0 Å². The van der Waals surface area contributed by atoms with Gasteiger partial charge in [0.1, 0.15) is 0 Å². The normalized spacial score (nSPS) is 16.9. The summed E-state index contributed by atoms with van der Waals surface area (Å²) in [6.45, 7) is 5.60. The maximum Gasteiger partial charge on any atom is 0.225 e. The second kappa shape index (κ2) is 10.0. The highest BCUT2D eigenvalue weighted by Gasteiger charge is 2.26. The number of nitrogens with zero attached hydrogens (tertiary/aromatic N) is 3. The van der Waals surface area contributed by atoms with Gasteiger partial charge in [-0.15, -0.1) is 0 Å². The van der Waals surface area contributed by atoms with E-state index in [1.807, 2.05) is 49.6 Å². The van der Waals surface area contributed by atoms with Crippen molar-refractivity contribution in [3.05, 3.63) is 42.7 Å². The molecule has 1 aromatic carbocycles. The van der Waals surface area contributed by atoms with Crippen LogP contribution in [0.1, 0.15) is 26.2 Å². The number of aromatic nitrogens is 2. The number of carbonyl (C=O) groups is 1. The molecule has 2 aromatic rings. The molecule has 1 aliphatic heterocycles. The lowest BCUT2D eigenvalue weighted by molar-refractivity contribution is -0.125. The molecule has 144 valence electrons. The van der Waals surface area contributed by atoms with E-state index in [0.29, 0.717) is 32.3 Å². The van der Waals surface area contributed by atoms with Crippen LogP contribution in [-0.2, 0) is 9.53 Å². The summed E-state index contributed by atoms with van der Waals surface area (Å²) in [6.07, 6.45) is 6.45. The summed E-state index contributed by atoms with van der Waals surface area (Å²) in [7, 11) is 0. The van der Waals surface area contributed by atoms with Gasteiger partial charge in [0, 0.05) is 50.8 Å². The minimum absolute atomic E-state index is 0.0109. The van der Waals surface area contributed by atoms with Crippen molar-refractivity contribution < 1.29 is 9.53 Å². The fraction of sp³-hybridized carbons (Fsp3) is 0.476. The smallest absolute Gasteiger partial charge is 0.225 e. The molecule has 27 heavy (non-hydrogen) atoms. The topological polar surface area (TPSA) is 67.3 Å². The van der Waals surface area contributed by atoms with Gasteiger partial charge in [0.05, 0.1) is 5.92 Å². The van der Waals surface area contributed by atoms with Crippen LogP contribution in [0, 0.1) is 5.92 Å². The highest BCUT2D eigenvalue weighted by atomic mass is 16.5. The van der Waals surface area contributed by atoms with Crippen LogP contribution in [0.2, 0.25) is 0 Å². The maximum absolute atomic E-state index is 12.4. The van der Waals surface area contributed by atoms with Gasteiger partial charge in [0.2, 0.25) is 11.9 Å². The Balaban J connectivity index is 1.54. The first kappa shape index (κ1) is 19.3. The van der Waals surface area contributed by atoms with E-state index in [0.717, 1.165) is 36.9 Å². The molecule has 1 aromatic heterocycles. The van der Waals surface area contributed by atoms with Crippen molar-refractivity contribution in [2.24, 2.45) is 5.92 Å². The third-order valence-corrected chi connectivity index (χ3v) is 4.79.